The largest absolute Gasteiger partial charge is 0.503 e. The molecular weight excluding hydrogens is 311 g/mol. The van der Waals surface area contributed by atoms with Crippen LogP contribution in [-0.4, -0.2) is 11.7 Å². The number of ether oxygens (including phenoxy) is 1. The number of aromatic hydroxyl groups is 1. The van der Waals surface area contributed by atoms with Crippen molar-refractivity contribution in [2.75, 3.05) is 6.61 Å². The van der Waals surface area contributed by atoms with Gasteiger partial charge in [-0.05, 0) is 41.6 Å². The number of rotatable bonds is 2. The molecule has 0 saturated heterocycles. The summed E-state index contributed by atoms with van der Waals surface area (Å²) in [6, 6.07) is 5.87. The van der Waals surface area contributed by atoms with Gasteiger partial charge in [-0.3, -0.25) is 0 Å². The first-order valence-corrected chi connectivity index (χ1v) is 6.16. The summed E-state index contributed by atoms with van der Waals surface area (Å²) in [6.45, 7) is 2.49. The predicted molar refractivity (Wildman–Crippen MR) is 67.4 cm³/mol. The lowest BCUT2D eigenvalue weighted by atomic mass is 10.2. The molecule has 0 saturated carbocycles. The number of hydrogen-bond donors (Lipinski definition) is 1. The fraction of sp³-hybridized carbons (Fsp3) is 0.200. The molecule has 0 aliphatic carbocycles. The summed E-state index contributed by atoms with van der Waals surface area (Å²) in [5, 5.41) is 11.3. The highest BCUT2D eigenvalue weighted by Crippen LogP contribution is 2.44. The van der Waals surface area contributed by atoms with Crippen LogP contribution in [0.15, 0.2) is 18.2 Å². The Labute approximate surface area is 99.7 Å². The van der Waals surface area contributed by atoms with Gasteiger partial charge >= 0.3 is 0 Å². The highest BCUT2D eigenvalue weighted by Gasteiger charge is 2.13. The monoisotopic (exact) mass is 320 g/mol. The summed E-state index contributed by atoms with van der Waals surface area (Å²) in [7, 11) is 0. The van der Waals surface area contributed by atoms with E-state index in [1.54, 1.807) is 0 Å². The lowest BCUT2D eigenvalue weighted by molar-refractivity contribution is 0.330. The van der Waals surface area contributed by atoms with Crippen LogP contribution in [-0.2, 0) is 0 Å². The normalized spacial score (nSPS) is 10.7. The number of benzene rings is 1. The van der Waals surface area contributed by atoms with Crippen molar-refractivity contribution in [3.63, 3.8) is 0 Å². The van der Waals surface area contributed by atoms with Crippen LogP contribution in [0.2, 0.25) is 0 Å². The molecule has 1 N–H and O–H groups in total. The quantitative estimate of drug-likeness (QED) is 0.857. The number of halogens is 1. The third-order valence-electron chi connectivity index (χ3n) is 1.89. The van der Waals surface area contributed by atoms with Crippen molar-refractivity contribution in [1.29, 1.82) is 0 Å². The van der Waals surface area contributed by atoms with Crippen LogP contribution in [0.1, 0.15) is 6.92 Å². The van der Waals surface area contributed by atoms with Crippen LogP contribution in [0.5, 0.6) is 10.8 Å². The Balaban J connectivity index is 2.67. The molecule has 0 spiro atoms. The Kier molecular flexibility index (Phi) is 2.83. The lowest BCUT2D eigenvalue weighted by Gasteiger charge is -1.97. The average molecular weight is 320 g/mol. The van der Waals surface area contributed by atoms with Crippen LogP contribution in [0.4, 0.5) is 0 Å². The Hall–Kier alpha value is -0.490. The molecule has 2 aromatic rings. The second-order valence-electron chi connectivity index (χ2n) is 2.79. The number of fused-ring (bicyclic) bond motifs is 1. The van der Waals surface area contributed by atoms with E-state index in [1.165, 1.54) is 11.3 Å². The van der Waals surface area contributed by atoms with E-state index in [1.807, 2.05) is 25.1 Å². The molecule has 0 bridgehead atoms. The van der Waals surface area contributed by atoms with E-state index in [9.17, 15) is 5.11 Å². The molecular formula is C10H9IO2S. The van der Waals surface area contributed by atoms with Crippen LogP contribution >= 0.6 is 33.9 Å². The van der Waals surface area contributed by atoms with Crippen molar-refractivity contribution in [2.24, 2.45) is 0 Å². The van der Waals surface area contributed by atoms with E-state index in [0.29, 0.717) is 11.7 Å². The van der Waals surface area contributed by atoms with E-state index in [4.69, 9.17) is 4.74 Å². The van der Waals surface area contributed by atoms with Crippen molar-refractivity contribution in [2.45, 2.75) is 6.92 Å². The molecule has 2 nitrogen and oxygen atoms in total. The molecule has 2 rings (SSSR count). The summed E-state index contributed by atoms with van der Waals surface area (Å²) >= 11 is 3.76. The minimum atomic E-state index is 0.269. The molecule has 1 aromatic carbocycles. The summed E-state index contributed by atoms with van der Waals surface area (Å²) in [5.74, 6) is 0.269. The van der Waals surface area contributed by atoms with Gasteiger partial charge in [-0.2, -0.15) is 0 Å². The topological polar surface area (TPSA) is 29.5 Å². The molecule has 0 aliphatic rings. The maximum absolute atomic E-state index is 9.83. The van der Waals surface area contributed by atoms with E-state index < -0.39 is 0 Å². The van der Waals surface area contributed by atoms with Gasteiger partial charge in [0.2, 0.25) is 5.06 Å². The van der Waals surface area contributed by atoms with Gasteiger partial charge in [0.05, 0.1) is 11.3 Å². The van der Waals surface area contributed by atoms with Gasteiger partial charge in [-0.1, -0.05) is 17.4 Å². The zero-order valence-electron chi connectivity index (χ0n) is 7.58. The summed E-state index contributed by atoms with van der Waals surface area (Å²) < 4.78 is 7.58. The average Bonchev–Trinajstić information content (AvgIpc) is 2.48. The molecule has 0 unspecified atom stereocenters. The molecule has 0 radical (unpaired) electrons. The van der Waals surface area contributed by atoms with Crippen molar-refractivity contribution in [1.82, 2.24) is 0 Å². The van der Waals surface area contributed by atoms with E-state index in [2.05, 4.69) is 22.6 Å². The van der Waals surface area contributed by atoms with E-state index in [-0.39, 0.29) is 5.75 Å². The van der Waals surface area contributed by atoms with Crippen LogP contribution in [0.3, 0.4) is 0 Å². The van der Waals surface area contributed by atoms with Gasteiger partial charge in [-0.15, -0.1) is 0 Å². The molecule has 1 heterocycles. The Morgan fingerprint density at radius 1 is 1.50 bits per heavy atom. The molecule has 0 fully saturated rings. The minimum absolute atomic E-state index is 0.269. The molecule has 74 valence electrons. The van der Waals surface area contributed by atoms with Crippen LogP contribution in [0.25, 0.3) is 10.1 Å². The van der Waals surface area contributed by atoms with Gasteiger partial charge in [-0.25, -0.2) is 0 Å². The second kappa shape index (κ2) is 3.94. The van der Waals surface area contributed by atoms with Gasteiger partial charge in [0.25, 0.3) is 0 Å². The Bertz CT molecular complexity index is 464. The Morgan fingerprint density at radius 2 is 2.29 bits per heavy atom. The van der Waals surface area contributed by atoms with Gasteiger partial charge < -0.3 is 9.84 Å². The fourth-order valence-electron chi connectivity index (χ4n) is 1.28. The van der Waals surface area contributed by atoms with Crippen LogP contribution in [0, 0.1) is 3.57 Å². The van der Waals surface area contributed by atoms with Gasteiger partial charge in [0.15, 0.2) is 5.75 Å². The lowest BCUT2D eigenvalue weighted by Crippen LogP contribution is -1.87. The molecule has 0 atom stereocenters. The van der Waals surface area contributed by atoms with E-state index in [0.717, 1.165) is 13.7 Å². The van der Waals surface area contributed by atoms with Crippen molar-refractivity contribution in [3.8, 4) is 10.8 Å². The molecule has 4 heteroatoms. The minimum Gasteiger partial charge on any atom is -0.503 e. The molecule has 0 aliphatic heterocycles. The fourth-order valence-corrected chi connectivity index (χ4v) is 3.12. The molecule has 14 heavy (non-hydrogen) atoms. The number of thiophene rings is 1. The Morgan fingerprint density at radius 3 is 2.93 bits per heavy atom. The maximum Gasteiger partial charge on any atom is 0.218 e. The predicted octanol–water partition coefficient (Wildman–Crippen LogP) is 3.61. The third-order valence-corrected chi connectivity index (χ3v) is 4.29. The highest BCUT2D eigenvalue weighted by atomic mass is 127. The van der Waals surface area contributed by atoms with Gasteiger partial charge in [0.1, 0.15) is 0 Å². The summed E-state index contributed by atoms with van der Waals surface area (Å²) in [6.07, 6.45) is 0. The second-order valence-corrected chi connectivity index (χ2v) is 4.93. The zero-order chi connectivity index (χ0) is 10.1. The van der Waals surface area contributed by atoms with Crippen molar-refractivity contribution >= 4 is 44.0 Å². The maximum atomic E-state index is 9.83. The first-order valence-electron chi connectivity index (χ1n) is 4.26. The summed E-state index contributed by atoms with van der Waals surface area (Å²) in [4.78, 5) is 0. The molecule has 0 amide bonds. The van der Waals surface area contributed by atoms with Crippen molar-refractivity contribution in [3.05, 3.63) is 21.8 Å². The number of hydrogen-bond acceptors (Lipinski definition) is 3. The van der Waals surface area contributed by atoms with Crippen molar-refractivity contribution < 1.29 is 9.84 Å². The first kappa shape index (κ1) is 10.0. The zero-order valence-corrected chi connectivity index (χ0v) is 10.6. The first-order chi connectivity index (χ1) is 6.74. The standard InChI is InChI=1S/C10H9IO2S/c1-2-13-10-8(12)6-4-3-5-7(11)9(6)14-10/h3-5,12H,2H2,1H3. The van der Waals surface area contributed by atoms with Gasteiger partial charge in [0, 0.05) is 8.96 Å². The summed E-state index contributed by atoms with van der Waals surface area (Å²) in [5.41, 5.74) is 0. The molecule has 1 aromatic heterocycles. The highest BCUT2D eigenvalue weighted by molar-refractivity contribution is 14.1. The SMILES string of the molecule is CCOc1sc2c(I)cccc2c1O. The smallest absolute Gasteiger partial charge is 0.218 e. The van der Waals surface area contributed by atoms with Crippen LogP contribution < -0.4 is 4.74 Å². The third kappa shape index (κ3) is 1.56. The van der Waals surface area contributed by atoms with E-state index >= 15 is 0 Å².